The lowest BCUT2D eigenvalue weighted by atomic mass is 10.1. The van der Waals surface area contributed by atoms with Crippen molar-refractivity contribution in [3.8, 4) is 0 Å². The minimum atomic E-state index is -3.67. The van der Waals surface area contributed by atoms with E-state index in [0.29, 0.717) is 10.4 Å². The molecule has 0 N–H and O–H groups in total. The van der Waals surface area contributed by atoms with Gasteiger partial charge in [-0.3, -0.25) is 9.47 Å². The third kappa shape index (κ3) is 4.85. The summed E-state index contributed by atoms with van der Waals surface area (Å²) in [7, 11) is -3.67. The fourth-order valence-electron chi connectivity index (χ4n) is 4.39. The summed E-state index contributed by atoms with van der Waals surface area (Å²) in [5.74, 6) is 0. The number of aromatic nitrogens is 2. The Labute approximate surface area is 187 Å². The number of benzene rings is 1. The summed E-state index contributed by atoms with van der Waals surface area (Å²) in [6.07, 6.45) is 12.2. The molecule has 2 heterocycles. The van der Waals surface area contributed by atoms with Gasteiger partial charge in [0.2, 0.25) is 0 Å². The first-order valence-corrected chi connectivity index (χ1v) is 13.1. The standard InChI is InChI=1S/C25H36N3O2S/c1-4-7-17-28(18-8-5-2,19-9-6-3)25-21-26-20-24-23(25)15-16-27(24)31(29,30)22-13-11-10-12-14-22/h10-16,20-21H,4-9,17-19H2,1-3H3/q+1. The second kappa shape index (κ2) is 10.4. The van der Waals surface area contributed by atoms with Crippen molar-refractivity contribution in [2.24, 2.45) is 0 Å². The lowest BCUT2D eigenvalue weighted by molar-refractivity contribution is 0.261. The molecule has 168 valence electrons. The van der Waals surface area contributed by atoms with Gasteiger partial charge in [-0.25, -0.2) is 12.4 Å². The summed E-state index contributed by atoms with van der Waals surface area (Å²) in [6, 6.07) is 10.6. The molecule has 0 aliphatic carbocycles. The maximum atomic E-state index is 13.3. The molecule has 3 aromatic rings. The van der Waals surface area contributed by atoms with Crippen LogP contribution < -0.4 is 4.48 Å². The number of fused-ring (bicyclic) bond motifs is 1. The molecular weight excluding hydrogens is 406 g/mol. The zero-order valence-corrected chi connectivity index (χ0v) is 19.9. The molecule has 0 atom stereocenters. The summed E-state index contributed by atoms with van der Waals surface area (Å²) < 4.78 is 28.9. The van der Waals surface area contributed by atoms with Crippen LogP contribution in [0.3, 0.4) is 0 Å². The van der Waals surface area contributed by atoms with E-state index in [2.05, 4.69) is 25.8 Å². The van der Waals surface area contributed by atoms with Crippen LogP contribution in [0.25, 0.3) is 10.9 Å². The fraction of sp³-hybridized carbons (Fsp3) is 0.480. The quantitative estimate of drug-likeness (QED) is 0.324. The van der Waals surface area contributed by atoms with Gasteiger partial charge >= 0.3 is 0 Å². The van der Waals surface area contributed by atoms with Crippen molar-refractivity contribution in [1.82, 2.24) is 13.4 Å². The van der Waals surface area contributed by atoms with E-state index in [-0.39, 0.29) is 0 Å². The van der Waals surface area contributed by atoms with Crippen molar-refractivity contribution < 1.29 is 8.42 Å². The highest BCUT2D eigenvalue weighted by atomic mass is 32.2. The molecule has 0 saturated heterocycles. The molecule has 0 bridgehead atoms. The lowest BCUT2D eigenvalue weighted by Crippen LogP contribution is -2.51. The van der Waals surface area contributed by atoms with E-state index in [1.807, 2.05) is 18.3 Å². The van der Waals surface area contributed by atoms with Crippen molar-refractivity contribution in [2.45, 2.75) is 64.2 Å². The van der Waals surface area contributed by atoms with Gasteiger partial charge in [-0.1, -0.05) is 58.2 Å². The van der Waals surface area contributed by atoms with E-state index < -0.39 is 10.0 Å². The van der Waals surface area contributed by atoms with E-state index in [4.69, 9.17) is 0 Å². The molecule has 0 unspecified atom stereocenters. The summed E-state index contributed by atoms with van der Waals surface area (Å²) in [5.41, 5.74) is 1.82. The minimum absolute atomic E-state index is 0.293. The number of unbranched alkanes of at least 4 members (excludes halogenated alkanes) is 3. The van der Waals surface area contributed by atoms with Crippen LogP contribution in [0, 0.1) is 0 Å². The zero-order valence-electron chi connectivity index (χ0n) is 19.1. The first kappa shape index (κ1) is 23.5. The molecule has 0 spiro atoms. The van der Waals surface area contributed by atoms with E-state index in [1.54, 1.807) is 36.7 Å². The normalized spacial score (nSPS) is 12.5. The highest BCUT2D eigenvalue weighted by molar-refractivity contribution is 7.90. The van der Waals surface area contributed by atoms with E-state index in [1.165, 1.54) is 3.97 Å². The van der Waals surface area contributed by atoms with Crippen LogP contribution in [0.1, 0.15) is 59.3 Å². The van der Waals surface area contributed by atoms with Gasteiger partial charge < -0.3 is 0 Å². The maximum Gasteiger partial charge on any atom is 0.268 e. The first-order valence-electron chi connectivity index (χ1n) is 11.6. The SMILES string of the molecule is CCCC[N+](CCCC)(CCCC)c1cncc2c1ccn2S(=O)(=O)c1ccccc1. The summed E-state index contributed by atoms with van der Waals surface area (Å²) in [4.78, 5) is 4.84. The Morgan fingerprint density at radius 2 is 1.42 bits per heavy atom. The van der Waals surface area contributed by atoms with Gasteiger partial charge in [0.25, 0.3) is 10.0 Å². The van der Waals surface area contributed by atoms with Crippen LogP contribution in [0.2, 0.25) is 0 Å². The number of nitrogens with zero attached hydrogens (tertiary/aromatic N) is 3. The number of hydrogen-bond acceptors (Lipinski definition) is 3. The molecular formula is C25H36N3O2S+. The van der Waals surface area contributed by atoms with Crippen LogP contribution >= 0.6 is 0 Å². The van der Waals surface area contributed by atoms with Crippen molar-refractivity contribution in [3.05, 3.63) is 55.0 Å². The van der Waals surface area contributed by atoms with Crippen LogP contribution in [0.4, 0.5) is 5.69 Å². The second-order valence-corrected chi connectivity index (χ2v) is 10.2. The van der Waals surface area contributed by atoms with Gasteiger partial charge in [0.05, 0.1) is 47.8 Å². The largest absolute Gasteiger partial charge is 0.289 e. The minimum Gasteiger partial charge on any atom is -0.289 e. The maximum absolute atomic E-state index is 13.3. The highest BCUT2D eigenvalue weighted by Gasteiger charge is 2.32. The number of quaternary nitrogens is 1. The van der Waals surface area contributed by atoms with Gasteiger partial charge in [0.1, 0.15) is 0 Å². The van der Waals surface area contributed by atoms with Crippen molar-refractivity contribution in [1.29, 1.82) is 0 Å². The van der Waals surface area contributed by atoms with Gasteiger partial charge in [-0.2, -0.15) is 0 Å². The molecule has 31 heavy (non-hydrogen) atoms. The molecule has 0 aliphatic heterocycles. The third-order valence-corrected chi connectivity index (χ3v) is 7.89. The summed E-state index contributed by atoms with van der Waals surface area (Å²) in [5, 5.41) is 0.998. The second-order valence-electron chi connectivity index (χ2n) is 8.40. The molecule has 3 rings (SSSR count). The van der Waals surface area contributed by atoms with E-state index in [0.717, 1.165) is 73.7 Å². The monoisotopic (exact) mass is 442 g/mol. The Bertz CT molecular complexity index is 1050. The molecule has 0 aliphatic rings. The zero-order chi connectivity index (χ0) is 22.3. The van der Waals surface area contributed by atoms with Crippen LogP contribution in [-0.2, 0) is 10.0 Å². The Morgan fingerprint density at radius 3 is 1.97 bits per heavy atom. The molecule has 0 saturated carbocycles. The number of hydrogen-bond donors (Lipinski definition) is 0. The van der Waals surface area contributed by atoms with E-state index >= 15 is 0 Å². The molecule has 5 nitrogen and oxygen atoms in total. The van der Waals surface area contributed by atoms with Gasteiger partial charge in [0.15, 0.2) is 5.69 Å². The first-order chi connectivity index (χ1) is 15.0. The van der Waals surface area contributed by atoms with Crippen molar-refractivity contribution in [2.75, 3.05) is 19.6 Å². The lowest BCUT2D eigenvalue weighted by Gasteiger charge is -2.39. The predicted octanol–water partition coefficient (Wildman–Crippen LogP) is 5.98. The van der Waals surface area contributed by atoms with Crippen LogP contribution in [0.15, 0.2) is 59.9 Å². The van der Waals surface area contributed by atoms with Gasteiger partial charge in [0, 0.05) is 6.20 Å². The predicted molar refractivity (Wildman–Crippen MR) is 130 cm³/mol. The van der Waals surface area contributed by atoms with Gasteiger partial charge in [-0.15, -0.1) is 0 Å². The Hall–Kier alpha value is -2.18. The average Bonchev–Trinajstić information content (AvgIpc) is 3.25. The topological polar surface area (TPSA) is 52.0 Å². The fourth-order valence-corrected chi connectivity index (χ4v) is 5.74. The Balaban J connectivity index is 2.16. The molecule has 0 radical (unpaired) electrons. The third-order valence-electron chi connectivity index (χ3n) is 6.19. The summed E-state index contributed by atoms with van der Waals surface area (Å²) >= 11 is 0. The van der Waals surface area contributed by atoms with Crippen LogP contribution in [-0.4, -0.2) is 37.0 Å². The number of rotatable bonds is 12. The Kier molecular flexibility index (Phi) is 7.89. The van der Waals surface area contributed by atoms with Crippen molar-refractivity contribution in [3.63, 3.8) is 0 Å². The molecule has 6 heteroatoms. The van der Waals surface area contributed by atoms with Crippen LogP contribution in [0.5, 0.6) is 0 Å². The van der Waals surface area contributed by atoms with Gasteiger partial charge in [-0.05, 0) is 37.5 Å². The summed E-state index contributed by atoms with van der Waals surface area (Å²) in [6.45, 7) is 9.89. The average molecular weight is 443 g/mol. The molecule has 1 aromatic carbocycles. The smallest absolute Gasteiger partial charge is 0.268 e. The molecule has 0 amide bonds. The Morgan fingerprint density at radius 1 is 0.839 bits per heavy atom. The van der Waals surface area contributed by atoms with E-state index in [9.17, 15) is 8.42 Å². The highest BCUT2D eigenvalue weighted by Crippen LogP contribution is 2.35. The van der Waals surface area contributed by atoms with Crippen molar-refractivity contribution >= 4 is 26.6 Å². The molecule has 0 fully saturated rings. The molecule has 2 aromatic heterocycles. The number of pyridine rings is 1.